The Kier molecular flexibility index (Phi) is 6.76. The van der Waals surface area contributed by atoms with Crippen molar-refractivity contribution in [2.24, 2.45) is 5.73 Å². The molecule has 0 amide bonds. The normalized spacial score (nSPS) is 10.0. The Morgan fingerprint density at radius 1 is 1.10 bits per heavy atom. The van der Waals surface area contributed by atoms with Crippen LogP contribution in [0.5, 0.6) is 0 Å². The number of H-pyrrole nitrogens is 1. The summed E-state index contributed by atoms with van der Waals surface area (Å²) in [5.41, 5.74) is 5.62. The predicted molar refractivity (Wildman–Crippen MR) is 97.6 cm³/mol. The SMILES string of the molecule is COC(=O)c1cc(C(=O)O)nc2nc(=O)[nH]n12.COC(=O)c1ccc(CN)cc1. The van der Waals surface area contributed by atoms with Crippen molar-refractivity contribution in [2.45, 2.75) is 6.54 Å². The predicted octanol–water partition coefficient (Wildman–Crippen LogP) is -0.166. The van der Waals surface area contributed by atoms with Crippen LogP contribution in [-0.4, -0.2) is 56.8 Å². The zero-order chi connectivity index (χ0) is 21.6. The van der Waals surface area contributed by atoms with Crippen LogP contribution in [-0.2, 0) is 16.0 Å². The number of rotatable bonds is 4. The van der Waals surface area contributed by atoms with Gasteiger partial charge >= 0.3 is 23.6 Å². The lowest BCUT2D eigenvalue weighted by Gasteiger charge is -2.03. The maximum atomic E-state index is 11.4. The smallest absolute Gasteiger partial charge is 0.363 e. The Hall–Kier alpha value is -4.06. The van der Waals surface area contributed by atoms with E-state index in [0.717, 1.165) is 23.3 Å². The Morgan fingerprint density at radius 3 is 2.24 bits per heavy atom. The van der Waals surface area contributed by atoms with Gasteiger partial charge in [-0.2, -0.15) is 4.98 Å². The molecule has 0 aliphatic heterocycles. The molecule has 12 nitrogen and oxygen atoms in total. The third-order valence-corrected chi connectivity index (χ3v) is 3.57. The highest BCUT2D eigenvalue weighted by Gasteiger charge is 2.18. The summed E-state index contributed by atoms with van der Waals surface area (Å²) in [7, 11) is 2.49. The Labute approximate surface area is 162 Å². The molecule has 12 heteroatoms. The van der Waals surface area contributed by atoms with E-state index in [0.29, 0.717) is 12.1 Å². The second kappa shape index (κ2) is 9.23. The number of aromatic carboxylic acids is 1. The van der Waals surface area contributed by atoms with E-state index in [9.17, 15) is 19.2 Å². The molecular weight excluding hydrogens is 386 g/mol. The van der Waals surface area contributed by atoms with Crippen molar-refractivity contribution in [1.29, 1.82) is 0 Å². The van der Waals surface area contributed by atoms with Gasteiger partial charge in [0.15, 0.2) is 11.4 Å². The van der Waals surface area contributed by atoms with E-state index < -0.39 is 23.3 Å². The average Bonchev–Trinajstić information content (AvgIpc) is 3.12. The van der Waals surface area contributed by atoms with Gasteiger partial charge in [-0.3, -0.25) is 0 Å². The second-order valence-corrected chi connectivity index (χ2v) is 5.38. The number of aromatic nitrogens is 4. The van der Waals surface area contributed by atoms with E-state index in [1.807, 2.05) is 12.1 Å². The molecule has 4 N–H and O–H groups in total. The Bertz CT molecular complexity index is 1100. The van der Waals surface area contributed by atoms with Crippen LogP contribution in [0.3, 0.4) is 0 Å². The Morgan fingerprint density at radius 2 is 1.72 bits per heavy atom. The van der Waals surface area contributed by atoms with Crippen molar-refractivity contribution in [3.8, 4) is 0 Å². The monoisotopic (exact) mass is 403 g/mol. The fourth-order valence-electron chi connectivity index (χ4n) is 2.15. The minimum atomic E-state index is -1.34. The summed E-state index contributed by atoms with van der Waals surface area (Å²) in [5, 5.41) is 11.0. The number of carbonyl (C=O) groups excluding carboxylic acids is 2. The minimum absolute atomic E-state index is 0.176. The zero-order valence-corrected chi connectivity index (χ0v) is 15.4. The summed E-state index contributed by atoms with van der Waals surface area (Å²) in [4.78, 5) is 51.1. The van der Waals surface area contributed by atoms with Gasteiger partial charge in [-0.25, -0.2) is 33.8 Å². The van der Waals surface area contributed by atoms with E-state index in [2.05, 4.69) is 24.5 Å². The summed E-state index contributed by atoms with van der Waals surface area (Å²) in [6.45, 7) is 0.488. The van der Waals surface area contributed by atoms with E-state index >= 15 is 0 Å². The standard InChI is InChI=1S/C9H11NO2.C8H6N4O5/c1-12-9(11)8-4-2-7(6-10)3-5-8;1-17-6(15)4-2-3(5(13)14)9-7-10-8(16)11-12(4)7/h2-5H,6,10H2,1H3;2H,1H3,(H,11,16)(H,13,14). The lowest BCUT2D eigenvalue weighted by Crippen LogP contribution is -2.14. The first kappa shape index (κ1) is 21.2. The third kappa shape index (κ3) is 5.01. The molecule has 2 heterocycles. The number of benzene rings is 1. The van der Waals surface area contributed by atoms with Crippen LogP contribution < -0.4 is 11.4 Å². The van der Waals surface area contributed by atoms with E-state index in [4.69, 9.17) is 10.8 Å². The lowest BCUT2D eigenvalue weighted by atomic mass is 10.1. The summed E-state index contributed by atoms with van der Waals surface area (Å²) in [6.07, 6.45) is 0. The van der Waals surface area contributed by atoms with Crippen LogP contribution in [0, 0.1) is 0 Å². The number of carboxylic acid groups (broad SMARTS) is 1. The first-order chi connectivity index (χ1) is 13.8. The molecule has 0 atom stereocenters. The van der Waals surface area contributed by atoms with Gasteiger partial charge in [-0.1, -0.05) is 12.1 Å². The number of nitrogens with one attached hydrogen (secondary N) is 1. The topological polar surface area (TPSA) is 179 Å². The fraction of sp³-hybridized carbons (Fsp3) is 0.176. The number of ether oxygens (including phenoxy) is 2. The van der Waals surface area contributed by atoms with Gasteiger partial charge in [0, 0.05) is 12.6 Å². The number of esters is 2. The number of fused-ring (bicyclic) bond motifs is 1. The molecule has 1 aromatic carbocycles. The van der Waals surface area contributed by atoms with Gasteiger partial charge in [0.1, 0.15) is 0 Å². The number of methoxy groups -OCH3 is 2. The molecule has 0 radical (unpaired) electrons. The molecule has 0 saturated carbocycles. The lowest BCUT2D eigenvalue weighted by molar-refractivity contribution is 0.0585. The van der Waals surface area contributed by atoms with E-state index in [1.54, 1.807) is 12.1 Å². The van der Waals surface area contributed by atoms with E-state index in [-0.39, 0.29) is 17.4 Å². The number of carbonyl (C=O) groups is 3. The highest BCUT2D eigenvalue weighted by molar-refractivity contribution is 5.92. The third-order valence-electron chi connectivity index (χ3n) is 3.57. The average molecular weight is 403 g/mol. The number of aromatic amines is 1. The largest absolute Gasteiger partial charge is 0.477 e. The summed E-state index contributed by atoms with van der Waals surface area (Å²) in [6, 6.07) is 8.01. The second-order valence-electron chi connectivity index (χ2n) is 5.38. The van der Waals surface area contributed by atoms with E-state index in [1.165, 1.54) is 7.11 Å². The number of carboxylic acids is 1. The molecule has 0 aliphatic carbocycles. The number of hydrogen-bond donors (Lipinski definition) is 3. The van der Waals surface area contributed by atoms with Gasteiger partial charge in [0.05, 0.1) is 19.8 Å². The summed E-state index contributed by atoms with van der Waals surface area (Å²) < 4.78 is 9.96. The summed E-state index contributed by atoms with van der Waals surface area (Å²) in [5.74, 6) is -2.68. The first-order valence-corrected chi connectivity index (χ1v) is 7.99. The van der Waals surface area contributed by atoms with Crippen LogP contribution >= 0.6 is 0 Å². The molecule has 0 spiro atoms. The van der Waals surface area contributed by atoms with Crippen molar-refractivity contribution < 1.29 is 29.0 Å². The van der Waals surface area contributed by atoms with Crippen molar-refractivity contribution in [3.63, 3.8) is 0 Å². The van der Waals surface area contributed by atoms with Crippen molar-refractivity contribution in [1.82, 2.24) is 19.6 Å². The quantitative estimate of drug-likeness (QED) is 0.495. The number of nitrogens with two attached hydrogens (primary N) is 1. The van der Waals surface area contributed by atoms with Crippen LogP contribution in [0.15, 0.2) is 35.1 Å². The zero-order valence-electron chi connectivity index (χ0n) is 15.4. The molecule has 152 valence electrons. The highest BCUT2D eigenvalue weighted by Crippen LogP contribution is 2.06. The minimum Gasteiger partial charge on any atom is -0.477 e. The van der Waals surface area contributed by atoms with Crippen LogP contribution in [0.4, 0.5) is 0 Å². The molecule has 0 unspecified atom stereocenters. The van der Waals surface area contributed by atoms with Crippen LogP contribution in [0.25, 0.3) is 5.78 Å². The van der Waals surface area contributed by atoms with Gasteiger partial charge < -0.3 is 20.3 Å². The molecule has 3 rings (SSSR count). The maximum Gasteiger partial charge on any atom is 0.363 e. The first-order valence-electron chi connectivity index (χ1n) is 7.99. The molecular formula is C17H17N5O7. The molecule has 2 aromatic heterocycles. The number of hydrogen-bond acceptors (Lipinski definition) is 9. The fourth-order valence-corrected chi connectivity index (χ4v) is 2.15. The maximum absolute atomic E-state index is 11.4. The van der Waals surface area contributed by atoms with Crippen molar-refractivity contribution in [2.75, 3.05) is 14.2 Å². The number of nitrogens with zero attached hydrogens (tertiary/aromatic N) is 3. The van der Waals surface area contributed by atoms with Gasteiger partial charge in [0.25, 0.3) is 5.78 Å². The van der Waals surface area contributed by atoms with Crippen LogP contribution in [0.2, 0.25) is 0 Å². The van der Waals surface area contributed by atoms with Gasteiger partial charge in [0.2, 0.25) is 0 Å². The summed E-state index contributed by atoms with van der Waals surface area (Å²) >= 11 is 0. The molecule has 0 aliphatic rings. The van der Waals surface area contributed by atoms with Crippen molar-refractivity contribution in [3.05, 3.63) is 63.3 Å². The molecule has 3 aromatic rings. The Balaban J connectivity index is 0.000000221. The van der Waals surface area contributed by atoms with Crippen molar-refractivity contribution >= 4 is 23.7 Å². The van der Waals surface area contributed by atoms with Gasteiger partial charge in [-0.05, 0) is 17.7 Å². The molecule has 0 fully saturated rings. The van der Waals surface area contributed by atoms with Gasteiger partial charge in [-0.15, -0.1) is 0 Å². The molecule has 0 bridgehead atoms. The molecule has 29 heavy (non-hydrogen) atoms. The highest BCUT2D eigenvalue weighted by atomic mass is 16.5. The van der Waals surface area contributed by atoms with Crippen LogP contribution in [0.1, 0.15) is 36.9 Å². The molecule has 0 saturated heterocycles.